The van der Waals surface area contributed by atoms with Crippen molar-refractivity contribution in [2.45, 2.75) is 48.3 Å². The van der Waals surface area contributed by atoms with Crippen molar-refractivity contribution in [1.82, 2.24) is 10.1 Å². The summed E-state index contributed by atoms with van der Waals surface area (Å²) in [6.45, 7) is 2.12. The lowest BCUT2D eigenvalue weighted by molar-refractivity contribution is 0.277. The molecule has 2 atom stereocenters. The van der Waals surface area contributed by atoms with Crippen LogP contribution in [0, 0.1) is 0 Å². The molecule has 112 valence electrons. The molecule has 2 unspecified atom stereocenters. The second-order valence-corrected chi connectivity index (χ2v) is 7.16. The predicted molar refractivity (Wildman–Crippen MR) is 84.5 cm³/mol. The van der Waals surface area contributed by atoms with Crippen LogP contribution in [-0.4, -0.2) is 16.2 Å². The van der Waals surface area contributed by atoms with E-state index in [1.54, 1.807) is 11.8 Å². The van der Waals surface area contributed by atoms with Crippen molar-refractivity contribution in [2.24, 2.45) is 5.73 Å². The van der Waals surface area contributed by atoms with Crippen molar-refractivity contribution in [2.75, 3.05) is 0 Å². The predicted octanol–water partition coefficient (Wildman–Crippen LogP) is 3.78. The molecule has 1 heterocycles. The van der Waals surface area contributed by atoms with Gasteiger partial charge in [0.25, 0.3) is 0 Å². The molecule has 0 aliphatic heterocycles. The molecule has 0 spiro atoms. The van der Waals surface area contributed by atoms with Crippen LogP contribution >= 0.6 is 23.4 Å². The monoisotopic (exact) mass is 323 g/mol. The zero-order valence-corrected chi connectivity index (χ0v) is 13.5. The average molecular weight is 324 g/mol. The highest BCUT2D eigenvalue weighted by atomic mass is 35.5. The lowest BCUT2D eigenvalue weighted by Gasteiger charge is -2.23. The zero-order chi connectivity index (χ0) is 14.9. The van der Waals surface area contributed by atoms with E-state index in [2.05, 4.69) is 17.1 Å². The molecule has 3 rings (SSSR count). The van der Waals surface area contributed by atoms with E-state index >= 15 is 0 Å². The summed E-state index contributed by atoms with van der Waals surface area (Å²) in [5.41, 5.74) is 6.02. The van der Waals surface area contributed by atoms with Crippen LogP contribution in [0.4, 0.5) is 0 Å². The van der Waals surface area contributed by atoms with Crippen LogP contribution < -0.4 is 5.73 Å². The Bertz CT molecular complexity index is 616. The van der Waals surface area contributed by atoms with E-state index in [0.29, 0.717) is 17.5 Å². The average Bonchev–Trinajstić information content (AvgIpc) is 3.07. The summed E-state index contributed by atoms with van der Waals surface area (Å²) >= 11 is 7.54. The Hall–Kier alpha value is -1.04. The Kier molecular flexibility index (Phi) is 4.24. The molecular weight excluding hydrogens is 306 g/mol. The lowest BCUT2D eigenvalue weighted by atomic mass is 9.85. The van der Waals surface area contributed by atoms with Crippen LogP contribution in [0.3, 0.4) is 0 Å². The Morgan fingerprint density at radius 2 is 2.19 bits per heavy atom. The Labute approximate surface area is 133 Å². The van der Waals surface area contributed by atoms with Gasteiger partial charge in [-0.2, -0.15) is 4.98 Å². The third kappa shape index (κ3) is 3.10. The highest BCUT2D eigenvalue weighted by Gasteiger charge is 2.42. The van der Waals surface area contributed by atoms with Gasteiger partial charge >= 0.3 is 0 Å². The Balaban J connectivity index is 1.67. The number of rotatable bonds is 4. The first-order valence-corrected chi connectivity index (χ1v) is 8.41. The van der Waals surface area contributed by atoms with Gasteiger partial charge in [-0.25, -0.2) is 0 Å². The van der Waals surface area contributed by atoms with Gasteiger partial charge in [0.05, 0.1) is 11.2 Å². The SMILES string of the molecule is CC1(c2nc(CSc3ccc(Cl)cc3)no2)CCCC1N. The van der Waals surface area contributed by atoms with Gasteiger partial charge in [-0.15, -0.1) is 11.8 Å². The fraction of sp³-hybridized carbons (Fsp3) is 0.467. The van der Waals surface area contributed by atoms with Gasteiger partial charge in [-0.1, -0.05) is 23.2 Å². The summed E-state index contributed by atoms with van der Waals surface area (Å²) in [6.07, 6.45) is 3.16. The fourth-order valence-corrected chi connectivity index (χ4v) is 3.55. The van der Waals surface area contributed by atoms with E-state index < -0.39 is 0 Å². The van der Waals surface area contributed by atoms with Crippen molar-refractivity contribution in [3.05, 3.63) is 41.0 Å². The van der Waals surface area contributed by atoms with Crippen molar-refractivity contribution in [3.8, 4) is 0 Å². The molecule has 1 aromatic heterocycles. The molecule has 1 aliphatic carbocycles. The minimum absolute atomic E-state index is 0.106. The molecule has 6 heteroatoms. The van der Waals surface area contributed by atoms with Gasteiger partial charge in [0, 0.05) is 16.0 Å². The molecule has 0 saturated heterocycles. The van der Waals surface area contributed by atoms with Crippen LogP contribution in [0.2, 0.25) is 5.02 Å². The summed E-state index contributed by atoms with van der Waals surface area (Å²) in [7, 11) is 0. The van der Waals surface area contributed by atoms with Crippen LogP contribution in [0.25, 0.3) is 0 Å². The molecule has 2 aromatic rings. The number of hydrogen-bond donors (Lipinski definition) is 1. The summed E-state index contributed by atoms with van der Waals surface area (Å²) in [5, 5.41) is 4.82. The first-order chi connectivity index (χ1) is 10.1. The molecule has 1 aliphatic rings. The van der Waals surface area contributed by atoms with Crippen LogP contribution in [0.1, 0.15) is 37.9 Å². The molecule has 0 radical (unpaired) electrons. The van der Waals surface area contributed by atoms with Gasteiger partial charge in [0.15, 0.2) is 5.82 Å². The molecule has 0 amide bonds. The number of benzene rings is 1. The Morgan fingerprint density at radius 1 is 1.43 bits per heavy atom. The maximum absolute atomic E-state index is 6.19. The highest BCUT2D eigenvalue weighted by Crippen LogP contribution is 2.39. The number of nitrogens with zero attached hydrogens (tertiary/aromatic N) is 2. The fourth-order valence-electron chi connectivity index (χ4n) is 2.68. The van der Waals surface area contributed by atoms with Crippen molar-refractivity contribution in [1.29, 1.82) is 0 Å². The first-order valence-electron chi connectivity index (χ1n) is 7.05. The molecule has 2 N–H and O–H groups in total. The van der Waals surface area contributed by atoms with Crippen LogP contribution in [0.15, 0.2) is 33.7 Å². The minimum Gasteiger partial charge on any atom is -0.339 e. The quantitative estimate of drug-likeness (QED) is 0.867. The van der Waals surface area contributed by atoms with E-state index in [9.17, 15) is 0 Å². The van der Waals surface area contributed by atoms with Crippen molar-refractivity contribution in [3.63, 3.8) is 0 Å². The summed E-state index contributed by atoms with van der Waals surface area (Å²) in [6, 6.07) is 7.84. The summed E-state index contributed by atoms with van der Waals surface area (Å²) < 4.78 is 5.45. The largest absolute Gasteiger partial charge is 0.339 e. The first kappa shape index (κ1) is 14.9. The number of nitrogens with two attached hydrogens (primary N) is 1. The smallest absolute Gasteiger partial charge is 0.234 e. The van der Waals surface area contributed by atoms with Gasteiger partial charge < -0.3 is 10.3 Å². The van der Waals surface area contributed by atoms with Crippen LogP contribution in [-0.2, 0) is 11.2 Å². The highest BCUT2D eigenvalue weighted by molar-refractivity contribution is 7.98. The molecule has 1 saturated carbocycles. The van der Waals surface area contributed by atoms with E-state index in [0.717, 1.165) is 29.2 Å². The minimum atomic E-state index is -0.170. The number of halogens is 1. The normalized spacial score (nSPS) is 25.4. The third-order valence-corrected chi connectivity index (χ3v) is 5.43. The second kappa shape index (κ2) is 5.99. The standard InChI is InChI=1S/C15H18ClN3OS/c1-15(8-2-3-12(15)17)14-18-13(19-20-14)9-21-11-6-4-10(16)5-7-11/h4-7,12H,2-3,8-9,17H2,1H3. The second-order valence-electron chi connectivity index (χ2n) is 5.67. The van der Waals surface area contributed by atoms with E-state index in [1.165, 1.54) is 0 Å². The molecule has 21 heavy (non-hydrogen) atoms. The molecule has 1 aromatic carbocycles. The Morgan fingerprint density at radius 3 is 2.86 bits per heavy atom. The van der Waals surface area contributed by atoms with E-state index in [4.69, 9.17) is 21.9 Å². The zero-order valence-electron chi connectivity index (χ0n) is 11.9. The van der Waals surface area contributed by atoms with Crippen LogP contribution in [0.5, 0.6) is 0 Å². The number of aromatic nitrogens is 2. The molecule has 0 bridgehead atoms. The molecule has 1 fully saturated rings. The lowest BCUT2D eigenvalue weighted by Crippen LogP contribution is -2.38. The number of thioether (sulfide) groups is 1. The van der Waals surface area contributed by atoms with Crippen molar-refractivity contribution < 1.29 is 4.52 Å². The van der Waals surface area contributed by atoms with Gasteiger partial charge in [0.2, 0.25) is 5.89 Å². The summed E-state index contributed by atoms with van der Waals surface area (Å²) in [4.78, 5) is 5.68. The van der Waals surface area contributed by atoms with Crippen molar-refractivity contribution >= 4 is 23.4 Å². The number of hydrogen-bond acceptors (Lipinski definition) is 5. The maximum Gasteiger partial charge on any atom is 0.234 e. The van der Waals surface area contributed by atoms with Gasteiger partial charge in [0.1, 0.15) is 0 Å². The van der Waals surface area contributed by atoms with E-state index in [-0.39, 0.29) is 11.5 Å². The van der Waals surface area contributed by atoms with E-state index in [1.807, 2.05) is 24.3 Å². The topological polar surface area (TPSA) is 64.9 Å². The van der Waals surface area contributed by atoms with Gasteiger partial charge in [-0.05, 0) is 44.0 Å². The molecular formula is C15H18ClN3OS. The summed E-state index contributed by atoms with van der Waals surface area (Å²) in [5.74, 6) is 2.07. The van der Waals surface area contributed by atoms with Gasteiger partial charge in [-0.3, -0.25) is 0 Å². The molecule has 4 nitrogen and oxygen atoms in total. The third-order valence-electron chi connectivity index (χ3n) is 4.17. The maximum atomic E-state index is 6.19.